The lowest BCUT2D eigenvalue weighted by Crippen LogP contribution is -2.51. The second kappa shape index (κ2) is 6.60. The van der Waals surface area contributed by atoms with Crippen molar-refractivity contribution in [1.82, 2.24) is 19.5 Å². The number of nitrogens with one attached hydrogen (secondary N) is 1. The summed E-state index contributed by atoms with van der Waals surface area (Å²) in [5.74, 6) is -0.0957. The monoisotopic (exact) mass is 447 g/mol. The van der Waals surface area contributed by atoms with Gasteiger partial charge < -0.3 is 19.9 Å². The minimum Gasteiger partial charge on any atom is -0.369 e. The first-order valence-corrected chi connectivity index (χ1v) is 11.4. The van der Waals surface area contributed by atoms with Crippen molar-refractivity contribution < 1.29 is 22.6 Å². The fraction of sp³-hybridized carbons (Fsp3) is 0.421. The number of nitrogens with zero attached hydrogens (tertiary/aromatic N) is 3. The first-order chi connectivity index (χ1) is 14.7. The summed E-state index contributed by atoms with van der Waals surface area (Å²) in [6.45, 7) is 1.66. The summed E-state index contributed by atoms with van der Waals surface area (Å²) >= 11 is 0. The standard InChI is InChI=1S/C19H21N5O6S/c1-18(24-10-21-12-15(24)22-17(20)23-16(12)25)13-14(28-8-11-6-4-3-5-7-11)19(30-18,9-29-13)31(2,26)27/h3-7,10,13-14H,8-9H2,1-2H3,(H3,20,22,23,25)/t13-,14+,18-,19+/m1/s1. The Bertz CT molecular complexity index is 1320. The van der Waals surface area contributed by atoms with Crippen LogP contribution in [0.5, 0.6) is 0 Å². The Morgan fingerprint density at radius 1 is 1.35 bits per heavy atom. The van der Waals surface area contributed by atoms with E-state index in [1.165, 1.54) is 10.9 Å². The second-order valence-electron chi connectivity index (χ2n) is 7.93. The lowest BCUT2D eigenvalue weighted by Gasteiger charge is -2.37. The van der Waals surface area contributed by atoms with Gasteiger partial charge in [-0.05, 0) is 12.5 Å². The third-order valence-electron chi connectivity index (χ3n) is 5.88. The molecule has 2 bridgehead atoms. The van der Waals surface area contributed by atoms with Crippen molar-refractivity contribution in [1.29, 1.82) is 0 Å². The van der Waals surface area contributed by atoms with Crippen LogP contribution in [0, 0.1) is 0 Å². The molecule has 2 fully saturated rings. The highest BCUT2D eigenvalue weighted by molar-refractivity contribution is 7.92. The predicted octanol–water partition coefficient (Wildman–Crippen LogP) is 0.130. The van der Waals surface area contributed by atoms with Crippen molar-refractivity contribution in [2.24, 2.45) is 0 Å². The molecule has 0 amide bonds. The van der Waals surface area contributed by atoms with Crippen LogP contribution in [0.15, 0.2) is 41.5 Å². The van der Waals surface area contributed by atoms with E-state index in [9.17, 15) is 13.2 Å². The first kappa shape index (κ1) is 20.1. The molecule has 11 nitrogen and oxygen atoms in total. The fourth-order valence-corrected chi connectivity index (χ4v) is 5.56. The Morgan fingerprint density at radius 2 is 2.10 bits per heavy atom. The lowest BCUT2D eigenvalue weighted by molar-refractivity contribution is -0.206. The van der Waals surface area contributed by atoms with Gasteiger partial charge in [0, 0.05) is 6.26 Å². The Hall–Kier alpha value is -2.80. The molecule has 0 saturated carbocycles. The summed E-state index contributed by atoms with van der Waals surface area (Å²) in [5, 5.41) is 0. The van der Waals surface area contributed by atoms with Crippen molar-refractivity contribution in [3.63, 3.8) is 0 Å². The van der Waals surface area contributed by atoms with Gasteiger partial charge in [0.1, 0.15) is 12.2 Å². The molecule has 4 heterocycles. The number of hydrogen-bond donors (Lipinski definition) is 2. The van der Waals surface area contributed by atoms with Crippen LogP contribution in [0.4, 0.5) is 5.95 Å². The molecule has 2 saturated heterocycles. The highest BCUT2D eigenvalue weighted by Gasteiger charge is 2.73. The van der Waals surface area contributed by atoms with Crippen LogP contribution >= 0.6 is 0 Å². The maximum Gasteiger partial charge on any atom is 0.280 e. The minimum atomic E-state index is -3.78. The molecule has 3 N–H and O–H groups in total. The van der Waals surface area contributed by atoms with E-state index in [-0.39, 0.29) is 30.3 Å². The summed E-state index contributed by atoms with van der Waals surface area (Å²) in [6.07, 6.45) is 0.742. The third kappa shape index (κ3) is 2.82. The summed E-state index contributed by atoms with van der Waals surface area (Å²) in [4.78, 5) is 21.1. The number of ether oxygens (including phenoxy) is 3. The van der Waals surface area contributed by atoms with Crippen molar-refractivity contribution in [3.05, 3.63) is 52.6 Å². The molecular weight excluding hydrogens is 426 g/mol. The lowest BCUT2D eigenvalue weighted by atomic mass is 10.1. The van der Waals surface area contributed by atoms with Crippen LogP contribution < -0.4 is 11.3 Å². The molecule has 2 aromatic heterocycles. The van der Waals surface area contributed by atoms with E-state index in [2.05, 4.69) is 15.0 Å². The van der Waals surface area contributed by atoms with E-state index < -0.39 is 38.3 Å². The molecule has 0 unspecified atom stereocenters. The quantitative estimate of drug-likeness (QED) is 0.556. The third-order valence-corrected chi connectivity index (χ3v) is 7.57. The zero-order valence-electron chi connectivity index (χ0n) is 16.8. The molecule has 31 heavy (non-hydrogen) atoms. The van der Waals surface area contributed by atoms with E-state index in [1.54, 1.807) is 6.92 Å². The average Bonchev–Trinajstić information content (AvgIpc) is 3.36. The zero-order chi connectivity index (χ0) is 22.0. The Balaban J connectivity index is 1.60. The molecule has 0 spiro atoms. The number of aromatic amines is 1. The van der Waals surface area contributed by atoms with Gasteiger partial charge in [0.15, 0.2) is 26.7 Å². The molecule has 2 aliphatic rings. The van der Waals surface area contributed by atoms with Gasteiger partial charge >= 0.3 is 0 Å². The van der Waals surface area contributed by atoms with Crippen LogP contribution in [0.1, 0.15) is 12.5 Å². The average molecular weight is 447 g/mol. The van der Waals surface area contributed by atoms with Crippen molar-refractivity contribution >= 4 is 26.9 Å². The fourth-order valence-electron chi connectivity index (χ4n) is 4.34. The summed E-state index contributed by atoms with van der Waals surface area (Å²) in [5.41, 5.74) is 4.93. The van der Waals surface area contributed by atoms with Crippen molar-refractivity contribution in [3.8, 4) is 0 Å². The Labute approximate surface area is 177 Å². The minimum absolute atomic E-state index is 0.0527. The van der Waals surface area contributed by atoms with Gasteiger partial charge in [-0.15, -0.1) is 0 Å². The number of nitrogen functional groups attached to an aromatic ring is 1. The van der Waals surface area contributed by atoms with Gasteiger partial charge in [0.2, 0.25) is 10.9 Å². The van der Waals surface area contributed by atoms with E-state index in [0.29, 0.717) is 0 Å². The highest BCUT2D eigenvalue weighted by Crippen LogP contribution is 2.52. The van der Waals surface area contributed by atoms with Gasteiger partial charge in [-0.2, -0.15) is 4.98 Å². The molecular formula is C19H21N5O6S. The van der Waals surface area contributed by atoms with E-state index >= 15 is 0 Å². The van der Waals surface area contributed by atoms with Crippen LogP contribution in [0.2, 0.25) is 0 Å². The van der Waals surface area contributed by atoms with E-state index in [4.69, 9.17) is 19.9 Å². The Kier molecular flexibility index (Phi) is 4.28. The van der Waals surface area contributed by atoms with Gasteiger partial charge in [-0.3, -0.25) is 14.3 Å². The van der Waals surface area contributed by atoms with Gasteiger partial charge in [0.05, 0.1) is 19.5 Å². The molecule has 164 valence electrons. The topological polar surface area (TPSA) is 151 Å². The van der Waals surface area contributed by atoms with Gasteiger partial charge in [0.25, 0.3) is 5.56 Å². The van der Waals surface area contributed by atoms with Crippen LogP contribution in [0.3, 0.4) is 0 Å². The molecule has 5 rings (SSSR count). The maximum absolute atomic E-state index is 12.9. The molecule has 0 aliphatic carbocycles. The largest absolute Gasteiger partial charge is 0.369 e. The smallest absolute Gasteiger partial charge is 0.280 e. The van der Waals surface area contributed by atoms with E-state index in [0.717, 1.165) is 11.8 Å². The summed E-state index contributed by atoms with van der Waals surface area (Å²) < 4.78 is 45.4. The zero-order valence-corrected chi connectivity index (χ0v) is 17.6. The van der Waals surface area contributed by atoms with Gasteiger partial charge in [-0.1, -0.05) is 30.3 Å². The van der Waals surface area contributed by atoms with E-state index in [1.807, 2.05) is 30.3 Å². The number of nitrogens with two attached hydrogens (primary N) is 1. The number of fused-ring (bicyclic) bond motifs is 3. The highest BCUT2D eigenvalue weighted by atomic mass is 32.2. The number of imidazole rings is 1. The van der Waals surface area contributed by atoms with Gasteiger partial charge in [-0.25, -0.2) is 13.4 Å². The predicted molar refractivity (Wildman–Crippen MR) is 110 cm³/mol. The molecule has 0 radical (unpaired) electrons. The number of aromatic nitrogens is 4. The first-order valence-electron chi connectivity index (χ1n) is 9.56. The van der Waals surface area contributed by atoms with Crippen LogP contribution in [-0.2, 0) is 36.4 Å². The molecule has 1 aromatic carbocycles. The van der Waals surface area contributed by atoms with Crippen molar-refractivity contribution in [2.45, 2.75) is 36.4 Å². The maximum atomic E-state index is 12.9. The molecule has 4 atom stereocenters. The number of benzene rings is 1. The van der Waals surface area contributed by atoms with Crippen molar-refractivity contribution in [2.75, 3.05) is 18.6 Å². The van der Waals surface area contributed by atoms with Crippen LogP contribution in [0.25, 0.3) is 11.2 Å². The molecule has 12 heteroatoms. The second-order valence-corrected chi connectivity index (χ2v) is 10.2. The number of rotatable bonds is 5. The number of anilines is 1. The molecule has 3 aromatic rings. The summed E-state index contributed by atoms with van der Waals surface area (Å²) in [6, 6.07) is 9.39. The number of sulfone groups is 1. The number of H-pyrrole nitrogens is 1. The number of hydrogen-bond acceptors (Lipinski definition) is 9. The normalized spacial score (nSPS) is 30.3. The Morgan fingerprint density at radius 3 is 2.81 bits per heavy atom. The van der Waals surface area contributed by atoms with Crippen LogP contribution in [-0.4, -0.2) is 57.9 Å². The SMILES string of the molecule is C[C@@]1(n2cnc3c(=O)[nH]c(N)nc32)O[C@]2(S(C)(=O)=O)CO[C@@H]1[C@@H]2OCc1ccccc1. The summed E-state index contributed by atoms with van der Waals surface area (Å²) in [7, 11) is -3.78. The molecule has 2 aliphatic heterocycles.